The van der Waals surface area contributed by atoms with Gasteiger partial charge in [-0.3, -0.25) is 9.59 Å². The Morgan fingerprint density at radius 3 is 2.73 bits per heavy atom. The van der Waals surface area contributed by atoms with Crippen LogP contribution in [0.3, 0.4) is 0 Å². The summed E-state index contributed by atoms with van der Waals surface area (Å²) >= 11 is 1.47. The second-order valence-corrected chi connectivity index (χ2v) is 11.1. The number of rotatable bonds is 4. The lowest BCUT2D eigenvalue weighted by atomic mass is 9.49. The third kappa shape index (κ3) is 3.53. The highest BCUT2D eigenvalue weighted by atomic mass is 32.1. The number of carbonyl (C=O) groups is 1. The minimum atomic E-state index is -0.812. The number of benzene rings is 1. The molecule has 0 bridgehead atoms. The molecule has 2 aromatic heterocycles. The van der Waals surface area contributed by atoms with Crippen LogP contribution in [0.1, 0.15) is 59.1 Å². The molecule has 1 aliphatic heterocycles. The third-order valence-electron chi connectivity index (χ3n) is 7.57. The first-order chi connectivity index (χ1) is 15.9. The van der Waals surface area contributed by atoms with Crippen molar-refractivity contribution in [1.82, 2.24) is 20.5 Å². The van der Waals surface area contributed by atoms with Crippen molar-refractivity contribution in [3.05, 3.63) is 50.9 Å². The molecule has 33 heavy (non-hydrogen) atoms. The maximum atomic E-state index is 13.5. The molecule has 3 fully saturated rings. The van der Waals surface area contributed by atoms with E-state index in [9.17, 15) is 14.0 Å². The van der Waals surface area contributed by atoms with Crippen molar-refractivity contribution in [3.8, 4) is 0 Å². The van der Waals surface area contributed by atoms with E-state index in [1.165, 1.54) is 11.3 Å². The summed E-state index contributed by atoms with van der Waals surface area (Å²) in [5.74, 6) is 0.210. The SMILES string of the molecule is Cc1sc(N2CC[C@@H](F)C2)nc1C(=O)NC1CC2(C1)CC(c1n[nH]c(=O)c3ccccc13)C2. The molecular weight excluding hydrogens is 441 g/mol. The molecule has 1 atom stereocenters. The fourth-order valence-electron chi connectivity index (χ4n) is 5.92. The molecule has 0 unspecified atom stereocenters. The van der Waals surface area contributed by atoms with Crippen LogP contribution < -0.4 is 15.8 Å². The fourth-order valence-corrected chi connectivity index (χ4v) is 6.86. The molecule has 2 aliphatic carbocycles. The molecule has 6 rings (SSSR count). The van der Waals surface area contributed by atoms with Gasteiger partial charge < -0.3 is 10.2 Å². The maximum absolute atomic E-state index is 13.5. The number of halogens is 1. The lowest BCUT2D eigenvalue weighted by Gasteiger charge is -2.57. The van der Waals surface area contributed by atoms with Gasteiger partial charge in [0.25, 0.3) is 11.5 Å². The van der Waals surface area contributed by atoms with Gasteiger partial charge in [0.15, 0.2) is 5.13 Å². The minimum absolute atomic E-state index is 0.130. The molecule has 3 heterocycles. The molecule has 1 spiro atoms. The molecule has 0 radical (unpaired) electrons. The van der Waals surface area contributed by atoms with Gasteiger partial charge in [0.1, 0.15) is 11.9 Å². The normalized spacial score (nSPS) is 28.7. The van der Waals surface area contributed by atoms with Crippen LogP contribution in [0.25, 0.3) is 10.8 Å². The molecule has 7 nitrogen and oxygen atoms in total. The Bertz CT molecular complexity index is 1290. The first-order valence-corrected chi connectivity index (χ1v) is 12.4. The van der Waals surface area contributed by atoms with E-state index in [2.05, 4.69) is 20.5 Å². The Kier molecular flexibility index (Phi) is 4.79. The summed E-state index contributed by atoms with van der Waals surface area (Å²) in [5.41, 5.74) is 1.56. The van der Waals surface area contributed by atoms with Crippen molar-refractivity contribution in [2.75, 3.05) is 18.0 Å². The average molecular weight is 468 g/mol. The summed E-state index contributed by atoms with van der Waals surface area (Å²) in [6.45, 7) is 2.92. The van der Waals surface area contributed by atoms with Crippen molar-refractivity contribution in [3.63, 3.8) is 0 Å². The number of anilines is 1. The predicted octanol–water partition coefficient (Wildman–Crippen LogP) is 3.69. The van der Waals surface area contributed by atoms with Crippen LogP contribution in [0.2, 0.25) is 0 Å². The number of amides is 1. The lowest BCUT2D eigenvalue weighted by molar-refractivity contribution is -0.0197. The predicted molar refractivity (Wildman–Crippen MR) is 126 cm³/mol. The van der Waals surface area contributed by atoms with Crippen LogP contribution in [0.15, 0.2) is 29.1 Å². The number of fused-ring (bicyclic) bond motifs is 1. The summed E-state index contributed by atoms with van der Waals surface area (Å²) in [7, 11) is 0. The number of hydrogen-bond donors (Lipinski definition) is 2. The highest BCUT2D eigenvalue weighted by Gasteiger charge is 2.54. The summed E-state index contributed by atoms with van der Waals surface area (Å²) in [4.78, 5) is 32.2. The molecular formula is C24H26FN5O2S. The molecule has 1 aromatic carbocycles. The number of aryl methyl sites for hydroxylation is 1. The summed E-state index contributed by atoms with van der Waals surface area (Å²) in [6.07, 6.45) is 3.69. The Morgan fingerprint density at radius 2 is 2.00 bits per heavy atom. The third-order valence-corrected chi connectivity index (χ3v) is 8.60. The molecule has 172 valence electrons. The van der Waals surface area contributed by atoms with Gasteiger partial charge in [-0.05, 0) is 50.5 Å². The summed E-state index contributed by atoms with van der Waals surface area (Å²) in [6, 6.07) is 7.79. The van der Waals surface area contributed by atoms with Gasteiger partial charge in [0.05, 0.1) is 17.6 Å². The Morgan fingerprint density at radius 1 is 1.24 bits per heavy atom. The van der Waals surface area contributed by atoms with E-state index in [-0.39, 0.29) is 22.9 Å². The van der Waals surface area contributed by atoms with E-state index in [0.29, 0.717) is 36.5 Å². The van der Waals surface area contributed by atoms with Crippen LogP contribution in [-0.4, -0.2) is 46.4 Å². The van der Waals surface area contributed by atoms with Gasteiger partial charge in [-0.1, -0.05) is 18.2 Å². The molecule has 3 aromatic rings. The van der Waals surface area contributed by atoms with Gasteiger partial charge in [0.2, 0.25) is 0 Å². The maximum Gasteiger partial charge on any atom is 0.272 e. The van der Waals surface area contributed by atoms with Crippen LogP contribution in [0, 0.1) is 12.3 Å². The zero-order valence-corrected chi connectivity index (χ0v) is 19.3. The van der Waals surface area contributed by atoms with E-state index in [1.54, 1.807) is 0 Å². The van der Waals surface area contributed by atoms with E-state index >= 15 is 0 Å². The molecule has 2 N–H and O–H groups in total. The fraction of sp³-hybridized carbons (Fsp3) is 0.500. The van der Waals surface area contributed by atoms with Gasteiger partial charge in [-0.15, -0.1) is 11.3 Å². The molecule has 1 amide bonds. The lowest BCUT2D eigenvalue weighted by Crippen LogP contribution is -2.55. The van der Waals surface area contributed by atoms with Crippen molar-refractivity contribution in [2.24, 2.45) is 5.41 Å². The van der Waals surface area contributed by atoms with Crippen LogP contribution in [0.4, 0.5) is 9.52 Å². The molecule has 9 heteroatoms. The van der Waals surface area contributed by atoms with Crippen LogP contribution in [-0.2, 0) is 0 Å². The first kappa shape index (κ1) is 20.8. The first-order valence-electron chi connectivity index (χ1n) is 11.6. The smallest absolute Gasteiger partial charge is 0.272 e. The van der Waals surface area contributed by atoms with Crippen molar-refractivity contribution in [2.45, 2.75) is 57.2 Å². The largest absolute Gasteiger partial charge is 0.348 e. The van der Waals surface area contributed by atoms with Crippen LogP contribution >= 0.6 is 11.3 Å². The Hall–Kier alpha value is -2.81. The number of H-pyrrole nitrogens is 1. The number of thiazole rings is 1. The zero-order chi connectivity index (χ0) is 22.7. The number of nitrogens with zero attached hydrogens (tertiary/aromatic N) is 3. The minimum Gasteiger partial charge on any atom is -0.348 e. The number of nitrogens with one attached hydrogen (secondary N) is 2. The van der Waals surface area contributed by atoms with E-state index in [4.69, 9.17) is 0 Å². The zero-order valence-electron chi connectivity index (χ0n) is 18.4. The average Bonchev–Trinajstić information content (AvgIpc) is 3.35. The highest BCUT2D eigenvalue weighted by Crippen LogP contribution is 2.62. The quantitative estimate of drug-likeness (QED) is 0.611. The Balaban J connectivity index is 1.07. The standard InChI is InChI=1S/C24H26FN5O2S/c1-13-19(27-23(33-13)30-7-6-15(25)12-30)22(32)26-16-10-24(11-16)8-14(9-24)20-17-4-2-3-5-18(17)21(31)29-28-20/h2-5,14-16H,6-12H2,1H3,(H,26,32)(H,29,31)/t14?,15-,16?,24?/m1/s1. The van der Waals surface area contributed by atoms with Crippen LogP contribution in [0.5, 0.6) is 0 Å². The monoisotopic (exact) mass is 467 g/mol. The van der Waals surface area contributed by atoms with E-state index in [0.717, 1.165) is 46.8 Å². The summed E-state index contributed by atoms with van der Waals surface area (Å²) < 4.78 is 13.5. The summed E-state index contributed by atoms with van der Waals surface area (Å²) in [5, 5.41) is 12.5. The van der Waals surface area contributed by atoms with Crippen molar-refractivity contribution in [1.29, 1.82) is 0 Å². The number of hydrogen-bond acceptors (Lipinski definition) is 6. The van der Waals surface area contributed by atoms with E-state index < -0.39 is 6.17 Å². The highest BCUT2D eigenvalue weighted by molar-refractivity contribution is 7.15. The topological polar surface area (TPSA) is 91.0 Å². The second-order valence-electron chi connectivity index (χ2n) is 9.90. The van der Waals surface area contributed by atoms with Crippen molar-refractivity contribution >= 4 is 33.1 Å². The van der Waals surface area contributed by atoms with Gasteiger partial charge in [0, 0.05) is 28.8 Å². The number of alkyl halides is 1. The van der Waals surface area contributed by atoms with Gasteiger partial charge >= 0.3 is 0 Å². The number of carbonyl (C=O) groups excluding carboxylic acids is 1. The Labute approximate surface area is 194 Å². The van der Waals surface area contributed by atoms with Crippen molar-refractivity contribution < 1.29 is 9.18 Å². The molecule has 3 aliphatic rings. The van der Waals surface area contributed by atoms with Gasteiger partial charge in [-0.25, -0.2) is 14.5 Å². The second kappa shape index (κ2) is 7.62. The molecule has 2 saturated carbocycles. The number of aromatic amines is 1. The number of aromatic nitrogens is 3. The van der Waals surface area contributed by atoms with E-state index in [1.807, 2.05) is 36.1 Å². The van der Waals surface area contributed by atoms with Gasteiger partial charge in [-0.2, -0.15) is 5.10 Å². The molecule has 1 saturated heterocycles.